The Morgan fingerprint density at radius 3 is 1.44 bits per heavy atom. The van der Waals surface area contributed by atoms with Crippen LogP contribution in [-0.4, -0.2) is 194 Å². The molecule has 8 aromatic rings. The smallest absolute Gasteiger partial charge is 0.257 e. The van der Waals surface area contributed by atoms with Crippen molar-refractivity contribution < 1.29 is 85.8 Å². The molecule has 7 aliphatic heterocycles. The molecule has 10 atom stereocenters. The average Bonchev–Trinajstić information content (AvgIpc) is 1.63. The van der Waals surface area contributed by atoms with Crippen molar-refractivity contribution in [1.29, 1.82) is 0 Å². The minimum atomic E-state index is -0.787. The Labute approximate surface area is 791 Å². The zero-order chi connectivity index (χ0) is 94.1. The maximum atomic E-state index is 13.1. The molecule has 0 radical (unpaired) electrons. The van der Waals surface area contributed by atoms with E-state index in [1.807, 2.05) is 106 Å². The number of likely N-dealkylation sites (tertiary alicyclic amines) is 1. The highest BCUT2D eigenvalue weighted by Gasteiger charge is 2.52. The van der Waals surface area contributed by atoms with Crippen LogP contribution in [0.3, 0.4) is 0 Å². The Hall–Kier alpha value is -8.74. The van der Waals surface area contributed by atoms with Crippen molar-refractivity contribution in [1.82, 2.24) is 35.3 Å². The lowest BCUT2D eigenvalue weighted by molar-refractivity contribution is -0.133. The number of methoxy groups -OCH3 is 2. The van der Waals surface area contributed by atoms with Gasteiger partial charge in [0.1, 0.15) is 46.7 Å². The van der Waals surface area contributed by atoms with Crippen LogP contribution in [0.4, 0.5) is 0 Å². The van der Waals surface area contributed by atoms with Crippen molar-refractivity contribution in [2.75, 3.05) is 80.0 Å². The van der Waals surface area contributed by atoms with E-state index in [2.05, 4.69) is 71.5 Å². The number of ether oxygens (including phenoxy) is 8. The number of rotatable bonds is 33. The Bertz CT molecular complexity index is 5340. The molecule has 15 rings (SSSR count). The number of piperidine rings is 1. The molecule has 32 heteroatoms. The number of nitrogens with zero attached hydrogens (tertiary/aromatic N) is 3. The number of amides is 5. The number of aromatic nitrogens is 2. The summed E-state index contributed by atoms with van der Waals surface area (Å²) >= 11 is 38.7. The van der Waals surface area contributed by atoms with Crippen LogP contribution in [0.2, 0.25) is 30.1 Å². The lowest BCUT2D eigenvalue weighted by atomic mass is 9.83. The minimum absolute atomic E-state index is 0.0203. The molecule has 9 heterocycles. The Morgan fingerprint density at radius 1 is 0.543 bits per heavy atom. The molecule has 129 heavy (non-hydrogen) atoms. The molecule has 6 aromatic carbocycles. The molecular formula is C97H114BrCl6N7O18. The van der Waals surface area contributed by atoms with Gasteiger partial charge in [0, 0.05) is 125 Å². The molecule has 694 valence electrons. The first-order valence-corrected chi connectivity index (χ1v) is 46.1. The third-order valence-electron chi connectivity index (χ3n) is 22.8. The quantitative estimate of drug-likeness (QED) is 0.0219. The van der Waals surface area contributed by atoms with E-state index in [0.29, 0.717) is 172 Å². The normalized spacial score (nSPS) is 20.6. The standard InChI is InChI=1S/C23H31ClN2O5.C20H24BrNO3.C20H25NO3.C12H12ClNO3.2C11H11Cl2NO2/c1-14(2)10-18(20(27)23(3)13-31-23)25-21(28)15-6-5-9-26(12-15)22(29)17-11-16(24)7-8-19(17)30-4;1-12(2)7-13(19(24)20(3)11-25-20)8-18(23)16-10-22(4)17-6-5-14(21)9-15(16)17;1-13(2)9-14(19(23)20(3)12-24-20)10-18(22)16-11-21(4)17-8-6-5-7-15(16)17;1-7-10(6-17-7)14-12(15)9-5-8(13)3-4-11(9)16-2;2*12-9-2-1-7(3-10(9)13)4-11(15)14-5-8-6-16-8/h7-8,11,14-15,18H,5-6,9-10,12-13H2,1-4H3,(H,25,28);5-6,9-10,12-13H,7-8,11H2,1-4H3;5-8,11,13-14H,9-10,12H2,1-4H3;3-5,10H,1,6H2,2H3,(H,14,15);2*1-3,8H,4-6H2,(H,14,15)/t15?,18-,23+;13-,20-;14-,20-;10-;2*8-/m011010/s1. The van der Waals surface area contributed by atoms with Crippen LogP contribution in [-0.2, 0) is 84.1 Å². The summed E-state index contributed by atoms with van der Waals surface area (Å²) in [5.41, 5.74) is 3.78. The fourth-order valence-corrected chi connectivity index (χ4v) is 16.4. The highest BCUT2D eigenvalue weighted by atomic mass is 79.9. The summed E-state index contributed by atoms with van der Waals surface area (Å²) in [7, 11) is 6.88. The van der Waals surface area contributed by atoms with Crippen LogP contribution in [0.15, 0.2) is 144 Å². The summed E-state index contributed by atoms with van der Waals surface area (Å²) in [6.45, 7) is 26.7. The molecular weight excluding hydrogens is 1840 g/mol. The summed E-state index contributed by atoms with van der Waals surface area (Å²) < 4.78 is 46.2. The monoisotopic (exact) mass is 1950 g/mol. The number of aryl methyl sites for hydroxylation is 2. The SMILES string of the molecule is C=C1OC[C@@H]1NC(=O)c1cc(Cl)ccc1OC.CC(C)C[C@H](CC(=O)c1cn(C)c2ccc(Br)cc12)C(=O)[C@@]1(C)CO1.CC(C)C[C@H](CC(=O)c1cn(C)c2ccccc12)C(=O)[C@@]1(C)CO1.COc1ccc(Cl)cc1C(=O)N1CCCC(C(=O)N[C@@H](CC(C)C)C(=O)[C@@]2(C)CO2)C1.O=C(Cc1ccc(Cl)c(Cl)c1)NC[C@@H]1CO1.O=C(Cc1ccc(Cl)c(Cl)c1)NC[C@H]1CO1. The van der Waals surface area contributed by atoms with Crippen LogP contribution in [0.1, 0.15) is 160 Å². The Morgan fingerprint density at radius 2 is 1.00 bits per heavy atom. The van der Waals surface area contributed by atoms with E-state index in [1.54, 1.807) is 84.6 Å². The van der Waals surface area contributed by atoms with Gasteiger partial charge in [-0.15, -0.1) is 0 Å². The van der Waals surface area contributed by atoms with Crippen molar-refractivity contribution in [3.63, 3.8) is 0 Å². The van der Waals surface area contributed by atoms with E-state index >= 15 is 0 Å². The lowest BCUT2D eigenvalue weighted by Gasteiger charge is -2.33. The molecule has 2 aromatic heterocycles. The largest absolute Gasteiger partial charge is 0.496 e. The number of halogens is 7. The molecule has 7 aliphatic rings. The van der Waals surface area contributed by atoms with Gasteiger partial charge in [0.25, 0.3) is 11.8 Å². The number of nitrogens with one attached hydrogen (secondary N) is 4. The second kappa shape index (κ2) is 46.1. The number of carbonyl (C=O) groups excluding carboxylic acids is 10. The molecule has 7 fully saturated rings. The number of carbonyl (C=O) groups is 10. The molecule has 0 aliphatic carbocycles. The Balaban J connectivity index is 0.000000164. The van der Waals surface area contributed by atoms with Gasteiger partial charge in [0.15, 0.2) is 28.9 Å². The predicted molar refractivity (Wildman–Crippen MR) is 504 cm³/mol. The molecule has 5 amide bonds. The van der Waals surface area contributed by atoms with Gasteiger partial charge in [-0.3, -0.25) is 47.9 Å². The van der Waals surface area contributed by atoms with Gasteiger partial charge in [0.2, 0.25) is 17.7 Å². The topological polar surface area (TPSA) is 322 Å². The Kier molecular flexibility index (Phi) is 36.6. The second-order valence-corrected chi connectivity index (χ2v) is 38.6. The lowest BCUT2D eigenvalue weighted by Crippen LogP contribution is -2.51. The van der Waals surface area contributed by atoms with Gasteiger partial charge in [-0.05, 0) is 167 Å². The highest BCUT2D eigenvalue weighted by molar-refractivity contribution is 9.10. The number of hydrogen-bond acceptors (Lipinski definition) is 18. The summed E-state index contributed by atoms with van der Waals surface area (Å²) in [5, 5.41) is 16.0. The van der Waals surface area contributed by atoms with Gasteiger partial charge in [-0.25, -0.2) is 0 Å². The van der Waals surface area contributed by atoms with E-state index in [9.17, 15) is 47.9 Å². The molecule has 7 saturated heterocycles. The summed E-state index contributed by atoms with van der Waals surface area (Å²) in [4.78, 5) is 127. The molecule has 0 bridgehead atoms. The molecule has 0 spiro atoms. The zero-order valence-electron chi connectivity index (χ0n) is 74.9. The first kappa shape index (κ1) is 102. The van der Waals surface area contributed by atoms with Crippen molar-refractivity contribution in [3.8, 4) is 11.5 Å². The first-order valence-electron chi connectivity index (χ1n) is 43.0. The molecule has 25 nitrogen and oxygen atoms in total. The number of Topliss-reactive ketones (excluding diaryl/α,β-unsaturated/α-hetero) is 5. The van der Waals surface area contributed by atoms with Gasteiger partial charge in [0.05, 0.1) is 115 Å². The molecule has 0 saturated carbocycles. The summed E-state index contributed by atoms with van der Waals surface area (Å²) in [5.74, 6) is 0.905. The third kappa shape index (κ3) is 29.6. The fourth-order valence-electron chi connectivity index (χ4n) is 15.0. The molecule has 1 unspecified atom stereocenters. The van der Waals surface area contributed by atoms with E-state index in [4.69, 9.17) is 108 Å². The van der Waals surface area contributed by atoms with Crippen LogP contribution in [0.25, 0.3) is 21.8 Å². The van der Waals surface area contributed by atoms with Crippen LogP contribution in [0.5, 0.6) is 11.5 Å². The number of para-hydroxylation sites is 1. The highest BCUT2D eigenvalue weighted by Crippen LogP contribution is 2.39. The first-order chi connectivity index (χ1) is 61.1. The van der Waals surface area contributed by atoms with Crippen molar-refractivity contribution in [3.05, 3.63) is 208 Å². The van der Waals surface area contributed by atoms with E-state index in [0.717, 1.165) is 50.6 Å². The van der Waals surface area contributed by atoms with E-state index < -0.39 is 22.8 Å². The van der Waals surface area contributed by atoms with Crippen molar-refractivity contribution in [2.45, 2.75) is 161 Å². The number of hydrogen-bond donors (Lipinski definition) is 4. The van der Waals surface area contributed by atoms with Crippen molar-refractivity contribution in [2.24, 2.45) is 49.6 Å². The fraction of sp³-hybridized carbons (Fsp3) is 0.464. The molecule has 4 N–H and O–H groups in total. The van der Waals surface area contributed by atoms with Gasteiger partial charge >= 0.3 is 0 Å². The third-order valence-corrected chi connectivity index (χ3v) is 25.2. The van der Waals surface area contributed by atoms with Gasteiger partial charge in [-0.1, -0.05) is 164 Å². The van der Waals surface area contributed by atoms with Gasteiger partial charge in [-0.2, -0.15) is 0 Å². The maximum Gasteiger partial charge on any atom is 0.257 e. The second-order valence-electron chi connectivity index (χ2n) is 35.2. The van der Waals surface area contributed by atoms with Crippen LogP contribution >= 0.6 is 85.5 Å². The van der Waals surface area contributed by atoms with Gasteiger partial charge < -0.3 is 73.2 Å². The van der Waals surface area contributed by atoms with Crippen molar-refractivity contribution >= 4 is 166 Å². The number of ketones is 5. The van der Waals surface area contributed by atoms with Crippen LogP contribution < -0.4 is 30.7 Å². The summed E-state index contributed by atoms with van der Waals surface area (Å²) in [6, 6.07) is 33.3. The maximum absolute atomic E-state index is 13.1. The average molecular weight is 1960 g/mol. The summed E-state index contributed by atoms with van der Waals surface area (Å²) in [6.07, 6.45) is 8.61. The number of benzene rings is 6. The van der Waals surface area contributed by atoms with Crippen LogP contribution in [0, 0.1) is 35.5 Å². The zero-order valence-corrected chi connectivity index (χ0v) is 81.0. The number of fused-ring (bicyclic) bond motifs is 2. The van der Waals surface area contributed by atoms with E-state index in [1.165, 1.54) is 14.2 Å². The predicted octanol–water partition coefficient (Wildman–Crippen LogP) is 17.5. The van der Waals surface area contributed by atoms with E-state index in [-0.39, 0.29) is 120 Å². The number of epoxide rings is 5. The minimum Gasteiger partial charge on any atom is -0.496 e.